The quantitative estimate of drug-likeness (QED) is 0.516. The third-order valence-corrected chi connectivity index (χ3v) is 7.89. The summed E-state index contributed by atoms with van der Waals surface area (Å²) in [6.45, 7) is 0. The van der Waals surface area contributed by atoms with Crippen LogP contribution in [0.25, 0.3) is 0 Å². The third-order valence-electron chi connectivity index (χ3n) is 4.78. The van der Waals surface area contributed by atoms with Gasteiger partial charge in [-0.2, -0.15) is 0 Å². The lowest BCUT2D eigenvalue weighted by atomic mass is 10.2. The highest BCUT2D eigenvalue weighted by atomic mass is 32.2. The van der Waals surface area contributed by atoms with Gasteiger partial charge in [-0.1, -0.05) is 18.2 Å². The fraction of sp³-hybridized carbons (Fsp3) is 0.136. The van der Waals surface area contributed by atoms with Crippen molar-refractivity contribution in [1.82, 2.24) is 4.72 Å². The highest BCUT2D eigenvalue weighted by molar-refractivity contribution is 7.92. The number of nitrogens with zero attached hydrogens (tertiary/aromatic N) is 1. The summed E-state index contributed by atoms with van der Waals surface area (Å²) in [6, 6.07) is 17.2. The van der Waals surface area contributed by atoms with E-state index >= 15 is 0 Å². The Morgan fingerprint density at radius 3 is 2.12 bits per heavy atom. The number of anilines is 1. The zero-order valence-corrected chi connectivity index (χ0v) is 19.7. The Balaban J connectivity index is 1.82. The normalized spacial score (nSPS) is 11.5. The molecule has 0 heterocycles. The van der Waals surface area contributed by atoms with E-state index in [4.69, 9.17) is 9.47 Å². The Kier molecular flexibility index (Phi) is 6.94. The number of methoxy groups -OCH3 is 2. The van der Waals surface area contributed by atoms with Crippen LogP contribution in [0.4, 0.5) is 5.69 Å². The molecule has 0 aliphatic heterocycles. The Bertz CT molecular complexity index is 1370. The first-order chi connectivity index (χ1) is 15.6. The second kappa shape index (κ2) is 9.51. The highest BCUT2D eigenvalue weighted by Crippen LogP contribution is 2.30. The standard InChI is InChI=1S/C22H22N2O7S2/c1-24(20-9-4-5-10-21(20)31-3)33(28,29)18-13-11-16(12-14-18)22(25)23-32(26,27)19-8-6-7-17(15-19)30-2/h4-15H,1-3H3,(H,23,25). The van der Waals surface area contributed by atoms with E-state index in [1.807, 2.05) is 4.72 Å². The van der Waals surface area contributed by atoms with Crippen molar-refractivity contribution in [2.45, 2.75) is 9.79 Å². The molecule has 0 aliphatic rings. The molecule has 3 rings (SSSR count). The largest absolute Gasteiger partial charge is 0.497 e. The van der Waals surface area contributed by atoms with Crippen LogP contribution in [0.15, 0.2) is 82.6 Å². The zero-order valence-electron chi connectivity index (χ0n) is 18.0. The van der Waals surface area contributed by atoms with Crippen molar-refractivity contribution in [1.29, 1.82) is 0 Å². The Hall–Kier alpha value is -3.57. The van der Waals surface area contributed by atoms with Crippen molar-refractivity contribution in [3.05, 3.63) is 78.4 Å². The molecule has 174 valence electrons. The molecular weight excluding hydrogens is 468 g/mol. The summed E-state index contributed by atoms with van der Waals surface area (Å²) >= 11 is 0. The van der Waals surface area contributed by atoms with Gasteiger partial charge < -0.3 is 9.47 Å². The molecule has 0 saturated heterocycles. The number of hydrogen-bond donors (Lipinski definition) is 1. The summed E-state index contributed by atoms with van der Waals surface area (Å²) in [4.78, 5) is 12.3. The van der Waals surface area contributed by atoms with Gasteiger partial charge in [0.1, 0.15) is 11.5 Å². The molecule has 0 spiro atoms. The lowest BCUT2D eigenvalue weighted by Crippen LogP contribution is -2.30. The number of amides is 1. The maximum atomic E-state index is 13.0. The topological polar surface area (TPSA) is 119 Å². The minimum absolute atomic E-state index is 0.0274. The van der Waals surface area contributed by atoms with E-state index in [9.17, 15) is 21.6 Å². The van der Waals surface area contributed by atoms with Crippen LogP contribution in [0.1, 0.15) is 10.4 Å². The van der Waals surface area contributed by atoms with E-state index in [-0.39, 0.29) is 15.4 Å². The smallest absolute Gasteiger partial charge is 0.264 e. The van der Waals surface area contributed by atoms with E-state index in [1.54, 1.807) is 30.3 Å². The van der Waals surface area contributed by atoms with Crippen molar-refractivity contribution in [2.75, 3.05) is 25.6 Å². The van der Waals surface area contributed by atoms with Crippen LogP contribution >= 0.6 is 0 Å². The molecule has 0 bridgehead atoms. The Labute approximate surface area is 192 Å². The fourth-order valence-electron chi connectivity index (χ4n) is 2.96. The molecule has 1 N–H and O–H groups in total. The third kappa shape index (κ3) is 5.10. The summed E-state index contributed by atoms with van der Waals surface area (Å²) in [5, 5.41) is 0. The molecule has 0 unspecified atom stereocenters. The van der Waals surface area contributed by atoms with Gasteiger partial charge in [-0.25, -0.2) is 21.6 Å². The average molecular weight is 491 g/mol. The molecule has 0 saturated carbocycles. The van der Waals surface area contributed by atoms with Crippen LogP contribution in [0.2, 0.25) is 0 Å². The number of ether oxygens (including phenoxy) is 2. The van der Waals surface area contributed by atoms with Gasteiger partial charge in [0.25, 0.3) is 26.0 Å². The molecule has 0 radical (unpaired) electrons. The van der Waals surface area contributed by atoms with Crippen molar-refractivity contribution >= 4 is 31.6 Å². The summed E-state index contributed by atoms with van der Waals surface area (Å²) in [5.41, 5.74) is 0.312. The SMILES string of the molecule is COc1cccc(S(=O)(=O)NC(=O)c2ccc(S(=O)(=O)N(C)c3ccccc3OC)cc2)c1. The molecular formula is C22H22N2O7S2. The summed E-state index contributed by atoms with van der Waals surface area (Å²) in [5.74, 6) is -0.207. The van der Waals surface area contributed by atoms with Gasteiger partial charge in [0.15, 0.2) is 0 Å². The molecule has 11 heteroatoms. The fourth-order valence-corrected chi connectivity index (χ4v) is 5.18. The maximum Gasteiger partial charge on any atom is 0.264 e. The molecule has 0 aromatic heterocycles. The highest BCUT2D eigenvalue weighted by Gasteiger charge is 2.25. The number of sulfonamides is 2. The number of benzene rings is 3. The van der Waals surface area contributed by atoms with Crippen molar-refractivity contribution in [3.63, 3.8) is 0 Å². The summed E-state index contributed by atoms with van der Waals surface area (Å²) in [7, 11) is -3.90. The van der Waals surface area contributed by atoms with Crippen LogP contribution in [0.5, 0.6) is 11.5 Å². The Morgan fingerprint density at radius 1 is 0.818 bits per heavy atom. The molecule has 0 fully saturated rings. The molecule has 1 amide bonds. The molecule has 33 heavy (non-hydrogen) atoms. The number of carbonyl (C=O) groups excluding carboxylic acids is 1. The van der Waals surface area contributed by atoms with Gasteiger partial charge >= 0.3 is 0 Å². The van der Waals surface area contributed by atoms with E-state index in [0.29, 0.717) is 17.2 Å². The van der Waals surface area contributed by atoms with Gasteiger partial charge in [-0.05, 0) is 48.5 Å². The maximum absolute atomic E-state index is 13.0. The van der Waals surface area contributed by atoms with Crippen molar-refractivity contribution in [3.8, 4) is 11.5 Å². The molecule has 0 atom stereocenters. The van der Waals surface area contributed by atoms with Gasteiger partial charge in [0, 0.05) is 18.7 Å². The lowest BCUT2D eigenvalue weighted by Gasteiger charge is -2.21. The van der Waals surface area contributed by atoms with E-state index in [2.05, 4.69) is 0 Å². The molecule has 3 aromatic rings. The minimum atomic E-state index is -4.16. The van der Waals surface area contributed by atoms with Gasteiger partial charge in [-0.15, -0.1) is 0 Å². The summed E-state index contributed by atoms with van der Waals surface area (Å²) in [6.07, 6.45) is 0. The van der Waals surface area contributed by atoms with Crippen LogP contribution < -0.4 is 18.5 Å². The minimum Gasteiger partial charge on any atom is -0.497 e. The monoisotopic (exact) mass is 490 g/mol. The first-order valence-corrected chi connectivity index (χ1v) is 12.5. The van der Waals surface area contributed by atoms with Gasteiger partial charge in [0.05, 0.1) is 29.7 Å². The van der Waals surface area contributed by atoms with Gasteiger partial charge in [0.2, 0.25) is 0 Å². The molecule has 3 aromatic carbocycles. The zero-order chi connectivity index (χ0) is 24.2. The van der Waals surface area contributed by atoms with Crippen molar-refractivity contribution in [2.24, 2.45) is 0 Å². The van der Waals surface area contributed by atoms with E-state index in [0.717, 1.165) is 4.31 Å². The number of nitrogens with one attached hydrogen (secondary N) is 1. The van der Waals surface area contributed by atoms with Crippen LogP contribution in [0, 0.1) is 0 Å². The van der Waals surface area contributed by atoms with Crippen LogP contribution in [-0.4, -0.2) is 44.0 Å². The van der Waals surface area contributed by atoms with E-state index < -0.39 is 26.0 Å². The first-order valence-electron chi connectivity index (χ1n) is 9.53. The number of carbonyl (C=O) groups is 1. The van der Waals surface area contributed by atoms with E-state index in [1.165, 1.54) is 63.7 Å². The Morgan fingerprint density at radius 2 is 1.48 bits per heavy atom. The van der Waals surface area contributed by atoms with Gasteiger partial charge in [-0.3, -0.25) is 9.10 Å². The van der Waals surface area contributed by atoms with Crippen molar-refractivity contribution < 1.29 is 31.1 Å². The predicted octanol–water partition coefficient (Wildman–Crippen LogP) is 2.65. The second-order valence-corrected chi connectivity index (χ2v) is 10.4. The number of rotatable bonds is 8. The van der Waals surface area contributed by atoms with Crippen LogP contribution in [-0.2, 0) is 20.0 Å². The summed E-state index contributed by atoms with van der Waals surface area (Å²) < 4.78 is 64.3. The first kappa shape index (κ1) is 24.1. The number of hydrogen-bond acceptors (Lipinski definition) is 7. The molecule has 0 aliphatic carbocycles. The van der Waals surface area contributed by atoms with Crippen LogP contribution in [0.3, 0.4) is 0 Å². The lowest BCUT2D eigenvalue weighted by molar-refractivity contribution is 0.0981. The number of para-hydroxylation sites is 2. The average Bonchev–Trinajstić information content (AvgIpc) is 2.83. The second-order valence-electron chi connectivity index (χ2n) is 6.78. The predicted molar refractivity (Wildman–Crippen MR) is 123 cm³/mol. The molecule has 9 nitrogen and oxygen atoms in total.